The van der Waals surface area contributed by atoms with Gasteiger partial charge in [0, 0.05) is 10.2 Å². The molecule has 2 aromatic rings. The van der Waals surface area contributed by atoms with Crippen molar-refractivity contribution in [1.29, 1.82) is 0 Å². The Balaban J connectivity index is 1.27. The van der Waals surface area contributed by atoms with Crippen LogP contribution in [0.3, 0.4) is 0 Å². The first-order chi connectivity index (χ1) is 16.0. The monoisotopic (exact) mass is 482 g/mol. The first-order valence-electron chi connectivity index (χ1n) is 11.3. The third-order valence-corrected chi connectivity index (χ3v) is 8.23. The highest BCUT2D eigenvalue weighted by molar-refractivity contribution is 8.01. The van der Waals surface area contributed by atoms with Crippen molar-refractivity contribution in [3.63, 3.8) is 0 Å². The number of aliphatic carboxylic acids is 1. The smallest absolute Gasteiger partial charge is 0.327 e. The number of carbonyl (C=O) groups excluding carboxylic acids is 2. The molecule has 34 heavy (non-hydrogen) atoms. The topological polar surface area (TPSA) is 95.9 Å². The molecule has 2 heterocycles. The molecule has 7 nitrogen and oxygen atoms in total. The molecule has 0 bridgehead atoms. The lowest BCUT2D eigenvalue weighted by Gasteiger charge is -2.43. The Kier molecular flexibility index (Phi) is 6.38. The van der Waals surface area contributed by atoms with Crippen LogP contribution in [0.15, 0.2) is 54.6 Å². The number of carboxylic acids is 1. The highest BCUT2D eigenvalue weighted by atomic mass is 32.2. The molecule has 0 aliphatic carbocycles. The molecular weight excluding hydrogens is 452 g/mol. The summed E-state index contributed by atoms with van der Waals surface area (Å²) in [5, 5.41) is 11.9. The molecule has 2 aliphatic rings. The van der Waals surface area contributed by atoms with Crippen LogP contribution in [0.5, 0.6) is 5.75 Å². The Morgan fingerprint density at radius 1 is 1.09 bits per heavy atom. The predicted molar refractivity (Wildman–Crippen MR) is 131 cm³/mol. The van der Waals surface area contributed by atoms with Crippen molar-refractivity contribution in [3.8, 4) is 5.75 Å². The summed E-state index contributed by atoms with van der Waals surface area (Å²) >= 11 is 1.41. The van der Waals surface area contributed by atoms with Gasteiger partial charge in [-0.05, 0) is 37.1 Å². The van der Waals surface area contributed by atoms with Crippen LogP contribution in [0.2, 0.25) is 0 Å². The van der Waals surface area contributed by atoms with Gasteiger partial charge in [-0.2, -0.15) is 0 Å². The Labute approximate surface area is 203 Å². The van der Waals surface area contributed by atoms with E-state index >= 15 is 0 Å². The maximum absolute atomic E-state index is 12.5. The molecule has 0 saturated carbocycles. The van der Waals surface area contributed by atoms with E-state index in [4.69, 9.17) is 4.74 Å². The van der Waals surface area contributed by atoms with Gasteiger partial charge in [0.15, 0.2) is 0 Å². The second-order valence-corrected chi connectivity index (χ2v) is 11.5. The fourth-order valence-electron chi connectivity index (χ4n) is 4.64. The van der Waals surface area contributed by atoms with Crippen LogP contribution in [-0.4, -0.2) is 56.6 Å². The number of hydrogen-bond donors (Lipinski definition) is 2. The third kappa shape index (κ3) is 4.39. The summed E-state index contributed by atoms with van der Waals surface area (Å²) in [7, 11) is 0. The number of nitrogens with zero attached hydrogens (tertiary/aromatic N) is 1. The average molecular weight is 483 g/mol. The maximum Gasteiger partial charge on any atom is 0.327 e. The fraction of sp³-hybridized carbons (Fsp3) is 0.423. The molecule has 2 aromatic carbocycles. The standard InChI is InChI=1S/C26H30N2O5S/c1-25(2,16-8-6-5-7-9-16)17-10-12-18(13-11-17)33-15-14-19(29)27-20-22(30)28-21(24(31)32)26(3,4)34-23(20)28/h5-13,20-21,23H,14-15H2,1-4H3,(H,27,29)(H,31,32)/t20-,21+,23-/m1/s1. The highest BCUT2D eigenvalue weighted by Gasteiger charge is 2.64. The Hall–Kier alpha value is -3.00. The largest absolute Gasteiger partial charge is 0.493 e. The number of benzene rings is 2. The van der Waals surface area contributed by atoms with Crippen molar-refractivity contribution in [2.24, 2.45) is 0 Å². The van der Waals surface area contributed by atoms with Crippen LogP contribution < -0.4 is 10.1 Å². The van der Waals surface area contributed by atoms with E-state index in [9.17, 15) is 19.5 Å². The summed E-state index contributed by atoms with van der Waals surface area (Å²) < 4.78 is 5.12. The van der Waals surface area contributed by atoms with Gasteiger partial charge in [-0.15, -0.1) is 11.8 Å². The quantitative estimate of drug-likeness (QED) is 0.560. The summed E-state index contributed by atoms with van der Waals surface area (Å²) in [6.07, 6.45) is 0.101. The number of nitrogens with one attached hydrogen (secondary N) is 1. The van der Waals surface area contributed by atoms with E-state index in [1.54, 1.807) is 13.8 Å². The van der Waals surface area contributed by atoms with Gasteiger partial charge in [-0.1, -0.05) is 56.3 Å². The number of rotatable bonds is 8. The normalized spacial score (nSPS) is 23.1. The number of hydrogen-bond acceptors (Lipinski definition) is 5. The van der Waals surface area contributed by atoms with Crippen molar-refractivity contribution in [1.82, 2.24) is 10.2 Å². The zero-order valence-corrected chi connectivity index (χ0v) is 20.6. The van der Waals surface area contributed by atoms with E-state index < -0.39 is 22.8 Å². The van der Waals surface area contributed by atoms with E-state index in [-0.39, 0.29) is 35.6 Å². The van der Waals surface area contributed by atoms with Gasteiger partial charge in [-0.3, -0.25) is 9.59 Å². The summed E-state index contributed by atoms with van der Waals surface area (Å²) in [6.45, 7) is 8.14. The van der Waals surface area contributed by atoms with E-state index in [0.717, 1.165) is 5.56 Å². The Bertz CT molecular complexity index is 1080. The first-order valence-corrected chi connectivity index (χ1v) is 12.2. The summed E-state index contributed by atoms with van der Waals surface area (Å²) in [4.78, 5) is 37.9. The second-order valence-electron chi connectivity index (χ2n) is 9.76. The number of fused-ring (bicyclic) bond motifs is 1. The van der Waals surface area contributed by atoms with E-state index in [2.05, 4.69) is 31.3 Å². The van der Waals surface area contributed by atoms with E-state index in [0.29, 0.717) is 5.75 Å². The molecule has 0 spiro atoms. The molecule has 2 aliphatic heterocycles. The van der Waals surface area contributed by atoms with Crippen molar-refractivity contribution < 1.29 is 24.2 Å². The number of carboxylic acid groups (broad SMARTS) is 1. The van der Waals surface area contributed by atoms with Crippen molar-refractivity contribution in [3.05, 3.63) is 65.7 Å². The van der Waals surface area contributed by atoms with Gasteiger partial charge in [-0.25, -0.2) is 4.79 Å². The molecule has 8 heteroatoms. The summed E-state index contributed by atoms with van der Waals surface area (Å²) in [5.74, 6) is -0.994. The average Bonchev–Trinajstić information content (AvgIpc) is 3.06. The Morgan fingerprint density at radius 3 is 2.32 bits per heavy atom. The Morgan fingerprint density at radius 2 is 1.71 bits per heavy atom. The molecule has 2 amide bonds. The molecule has 2 fully saturated rings. The lowest BCUT2D eigenvalue weighted by molar-refractivity contribution is -0.161. The minimum atomic E-state index is -1.02. The second kappa shape index (κ2) is 8.98. The first kappa shape index (κ1) is 24.1. The van der Waals surface area contributed by atoms with Crippen LogP contribution in [0.4, 0.5) is 0 Å². The molecule has 0 unspecified atom stereocenters. The van der Waals surface area contributed by atoms with Crippen LogP contribution in [0.25, 0.3) is 0 Å². The van der Waals surface area contributed by atoms with E-state index in [1.807, 2.05) is 42.5 Å². The SMILES string of the molecule is CC(C)(c1ccccc1)c1ccc(OCCC(=O)N[C@@H]2C(=O)N3[C@@H]2SC(C)(C)[C@@H]3C(=O)O)cc1. The molecule has 2 saturated heterocycles. The van der Waals surface area contributed by atoms with E-state index in [1.165, 1.54) is 22.2 Å². The summed E-state index contributed by atoms with van der Waals surface area (Å²) in [5.41, 5.74) is 2.24. The summed E-state index contributed by atoms with van der Waals surface area (Å²) in [6, 6.07) is 16.6. The fourth-order valence-corrected chi connectivity index (χ4v) is 6.27. The number of amides is 2. The lowest BCUT2D eigenvalue weighted by Crippen LogP contribution is -2.70. The van der Waals surface area contributed by atoms with Crippen LogP contribution >= 0.6 is 11.8 Å². The van der Waals surface area contributed by atoms with Gasteiger partial charge in [0.2, 0.25) is 11.8 Å². The number of β-lactam (4-membered cyclic amide) rings is 1. The maximum atomic E-state index is 12.5. The predicted octanol–water partition coefficient (Wildman–Crippen LogP) is 3.41. The van der Waals surface area contributed by atoms with Gasteiger partial charge < -0.3 is 20.1 Å². The molecule has 180 valence electrons. The number of thioether (sulfide) groups is 1. The van der Waals surface area contributed by atoms with Crippen LogP contribution in [0, 0.1) is 0 Å². The third-order valence-electron chi connectivity index (χ3n) is 6.66. The molecule has 4 rings (SSSR count). The zero-order valence-electron chi connectivity index (χ0n) is 19.8. The molecule has 0 radical (unpaired) electrons. The van der Waals surface area contributed by atoms with Gasteiger partial charge >= 0.3 is 5.97 Å². The van der Waals surface area contributed by atoms with Crippen molar-refractivity contribution in [2.45, 2.75) is 61.7 Å². The van der Waals surface area contributed by atoms with Gasteiger partial charge in [0.25, 0.3) is 0 Å². The minimum absolute atomic E-state index is 0.101. The molecular formula is C26H30N2O5S. The van der Waals surface area contributed by atoms with Crippen molar-refractivity contribution in [2.75, 3.05) is 6.61 Å². The van der Waals surface area contributed by atoms with Gasteiger partial charge in [0.1, 0.15) is 23.2 Å². The highest BCUT2D eigenvalue weighted by Crippen LogP contribution is 2.50. The van der Waals surface area contributed by atoms with Crippen LogP contribution in [-0.2, 0) is 19.8 Å². The zero-order chi connectivity index (χ0) is 24.7. The molecule has 2 N–H and O–H groups in total. The van der Waals surface area contributed by atoms with Crippen LogP contribution in [0.1, 0.15) is 45.2 Å². The molecule has 3 atom stereocenters. The van der Waals surface area contributed by atoms with Gasteiger partial charge in [0.05, 0.1) is 13.0 Å². The minimum Gasteiger partial charge on any atom is -0.493 e. The number of carbonyl (C=O) groups is 3. The number of ether oxygens (including phenoxy) is 1. The lowest BCUT2D eigenvalue weighted by atomic mass is 9.78. The van der Waals surface area contributed by atoms with Crippen molar-refractivity contribution >= 4 is 29.5 Å². The molecule has 0 aromatic heterocycles.